The van der Waals surface area contributed by atoms with E-state index < -0.39 is 0 Å². The second-order valence-corrected chi connectivity index (χ2v) is 7.74. The highest BCUT2D eigenvalue weighted by molar-refractivity contribution is 7.16. The number of nitrogens with one attached hydrogen (secondary N) is 1. The quantitative estimate of drug-likeness (QED) is 0.742. The molecule has 0 unspecified atom stereocenters. The molecule has 8 nitrogen and oxygen atoms in total. The summed E-state index contributed by atoms with van der Waals surface area (Å²) in [4.78, 5) is 26.2. The van der Waals surface area contributed by atoms with Crippen LogP contribution in [-0.4, -0.2) is 52.2 Å². The van der Waals surface area contributed by atoms with E-state index in [-0.39, 0.29) is 6.03 Å². The lowest BCUT2D eigenvalue weighted by molar-refractivity contribution is 0.192. The highest BCUT2D eigenvalue weighted by Crippen LogP contribution is 2.27. The van der Waals surface area contributed by atoms with Crippen molar-refractivity contribution in [2.75, 3.05) is 31.1 Å². The van der Waals surface area contributed by atoms with Crippen molar-refractivity contribution in [1.29, 1.82) is 0 Å². The molecule has 1 saturated heterocycles. The minimum atomic E-state index is -0.0829. The fourth-order valence-corrected chi connectivity index (χ4v) is 3.84. The highest BCUT2D eigenvalue weighted by Gasteiger charge is 2.23. The van der Waals surface area contributed by atoms with Crippen LogP contribution in [0.25, 0.3) is 10.2 Å². The van der Waals surface area contributed by atoms with E-state index >= 15 is 0 Å². The van der Waals surface area contributed by atoms with Crippen LogP contribution in [0.1, 0.15) is 31.2 Å². The first-order chi connectivity index (χ1) is 13.1. The molecule has 4 rings (SSSR count). The molecular formula is C18H22N6O2S. The summed E-state index contributed by atoms with van der Waals surface area (Å²) in [6.07, 6.45) is 1.61. The molecule has 1 aliphatic heterocycles. The number of amides is 2. The standard InChI is InChI=1S/C18H22N6O2S/c1-12(2)15-9-13(26-22-15)10-19-18(25)24-6-4-23(5-7-24)16-14-3-8-27-17(14)21-11-20-16/h3,8-9,11-12H,4-7,10H2,1-2H3,(H,19,25). The third-order valence-electron chi connectivity index (χ3n) is 4.69. The van der Waals surface area contributed by atoms with Gasteiger partial charge in [0.05, 0.1) is 17.6 Å². The number of urea groups is 1. The third kappa shape index (κ3) is 3.73. The van der Waals surface area contributed by atoms with E-state index in [1.807, 2.05) is 16.3 Å². The summed E-state index contributed by atoms with van der Waals surface area (Å²) in [5.74, 6) is 1.93. The Labute approximate surface area is 161 Å². The van der Waals surface area contributed by atoms with Crippen molar-refractivity contribution in [2.45, 2.75) is 26.3 Å². The Bertz CT molecular complexity index is 929. The van der Waals surface area contributed by atoms with Crippen LogP contribution in [0.3, 0.4) is 0 Å². The Morgan fingerprint density at radius 1 is 1.30 bits per heavy atom. The van der Waals surface area contributed by atoms with Crippen LogP contribution in [-0.2, 0) is 6.54 Å². The van der Waals surface area contributed by atoms with Crippen LogP contribution in [0.15, 0.2) is 28.4 Å². The lowest BCUT2D eigenvalue weighted by atomic mass is 10.1. The summed E-state index contributed by atoms with van der Waals surface area (Å²) in [6.45, 7) is 7.25. The summed E-state index contributed by atoms with van der Waals surface area (Å²) in [5, 5.41) is 10.0. The number of carbonyl (C=O) groups excluding carboxylic acids is 1. The normalized spacial score (nSPS) is 14.9. The number of aromatic nitrogens is 3. The molecule has 27 heavy (non-hydrogen) atoms. The second kappa shape index (κ2) is 7.51. The van der Waals surface area contributed by atoms with Crippen molar-refractivity contribution >= 4 is 33.4 Å². The Hall–Kier alpha value is -2.68. The van der Waals surface area contributed by atoms with Crippen molar-refractivity contribution in [3.05, 3.63) is 35.3 Å². The topological polar surface area (TPSA) is 87.4 Å². The molecule has 0 bridgehead atoms. The van der Waals surface area contributed by atoms with Crippen molar-refractivity contribution < 1.29 is 9.32 Å². The fourth-order valence-electron chi connectivity index (χ4n) is 3.11. The highest BCUT2D eigenvalue weighted by atomic mass is 32.1. The predicted octanol–water partition coefficient (Wildman–Crippen LogP) is 2.83. The number of hydrogen-bond acceptors (Lipinski definition) is 7. The van der Waals surface area contributed by atoms with Crippen molar-refractivity contribution in [1.82, 2.24) is 25.3 Å². The molecule has 2 amide bonds. The van der Waals surface area contributed by atoms with Crippen LogP contribution in [0.5, 0.6) is 0 Å². The van der Waals surface area contributed by atoms with Crippen molar-refractivity contribution in [2.24, 2.45) is 0 Å². The number of anilines is 1. The van der Waals surface area contributed by atoms with Crippen LogP contribution < -0.4 is 10.2 Å². The fraction of sp³-hybridized carbons (Fsp3) is 0.444. The molecule has 142 valence electrons. The van der Waals surface area contributed by atoms with Gasteiger partial charge in [-0.1, -0.05) is 19.0 Å². The second-order valence-electron chi connectivity index (χ2n) is 6.84. The van der Waals surface area contributed by atoms with E-state index in [4.69, 9.17) is 4.52 Å². The van der Waals surface area contributed by atoms with E-state index in [1.165, 1.54) is 0 Å². The van der Waals surface area contributed by atoms with Gasteiger partial charge in [-0.2, -0.15) is 0 Å². The number of carbonyl (C=O) groups is 1. The van der Waals surface area contributed by atoms with Gasteiger partial charge in [-0.3, -0.25) is 0 Å². The zero-order chi connectivity index (χ0) is 18.8. The monoisotopic (exact) mass is 386 g/mol. The minimum absolute atomic E-state index is 0.0829. The minimum Gasteiger partial charge on any atom is -0.359 e. The Morgan fingerprint density at radius 2 is 2.11 bits per heavy atom. The number of fused-ring (bicyclic) bond motifs is 1. The van der Waals surface area contributed by atoms with Gasteiger partial charge in [0.15, 0.2) is 5.76 Å². The molecule has 4 heterocycles. The van der Waals surface area contributed by atoms with E-state index in [2.05, 4.69) is 45.3 Å². The number of nitrogens with zero attached hydrogens (tertiary/aromatic N) is 5. The summed E-state index contributed by atoms with van der Waals surface area (Å²) in [7, 11) is 0. The van der Waals surface area contributed by atoms with Gasteiger partial charge in [0.1, 0.15) is 17.0 Å². The Balaban J connectivity index is 1.32. The maximum Gasteiger partial charge on any atom is 0.317 e. The van der Waals surface area contributed by atoms with E-state index in [0.29, 0.717) is 31.3 Å². The first-order valence-corrected chi connectivity index (χ1v) is 9.91. The lowest BCUT2D eigenvalue weighted by Crippen LogP contribution is -2.51. The van der Waals surface area contributed by atoms with Crippen LogP contribution in [0.4, 0.5) is 10.6 Å². The van der Waals surface area contributed by atoms with Crippen LogP contribution in [0, 0.1) is 0 Å². The zero-order valence-electron chi connectivity index (χ0n) is 15.4. The van der Waals surface area contributed by atoms with Crippen molar-refractivity contribution in [3.8, 4) is 0 Å². The zero-order valence-corrected chi connectivity index (χ0v) is 16.2. The number of rotatable bonds is 4. The van der Waals surface area contributed by atoms with Gasteiger partial charge in [-0.25, -0.2) is 14.8 Å². The average molecular weight is 386 g/mol. The van der Waals surface area contributed by atoms with E-state index in [9.17, 15) is 4.79 Å². The molecule has 0 aliphatic carbocycles. The molecule has 9 heteroatoms. The molecule has 1 aliphatic rings. The van der Waals surface area contributed by atoms with E-state index in [1.54, 1.807) is 17.7 Å². The summed E-state index contributed by atoms with van der Waals surface area (Å²) in [6, 6.07) is 3.86. The Morgan fingerprint density at radius 3 is 2.85 bits per heavy atom. The van der Waals surface area contributed by atoms with Gasteiger partial charge in [-0.15, -0.1) is 11.3 Å². The van der Waals surface area contributed by atoms with Gasteiger partial charge in [-0.05, 0) is 17.4 Å². The third-order valence-corrected chi connectivity index (χ3v) is 5.51. The molecule has 0 atom stereocenters. The molecule has 0 radical (unpaired) electrons. The number of thiophene rings is 1. The predicted molar refractivity (Wildman–Crippen MR) is 104 cm³/mol. The average Bonchev–Trinajstić information content (AvgIpc) is 3.35. The molecule has 0 aromatic carbocycles. The lowest BCUT2D eigenvalue weighted by Gasteiger charge is -2.35. The van der Waals surface area contributed by atoms with Gasteiger partial charge in [0.2, 0.25) is 0 Å². The molecule has 0 spiro atoms. The smallest absolute Gasteiger partial charge is 0.317 e. The maximum atomic E-state index is 12.4. The van der Waals surface area contributed by atoms with Gasteiger partial charge >= 0.3 is 6.03 Å². The molecular weight excluding hydrogens is 364 g/mol. The van der Waals surface area contributed by atoms with Crippen molar-refractivity contribution in [3.63, 3.8) is 0 Å². The Kier molecular flexibility index (Phi) is 4.93. The molecule has 3 aromatic heterocycles. The largest absolute Gasteiger partial charge is 0.359 e. The van der Waals surface area contributed by atoms with Gasteiger partial charge in [0.25, 0.3) is 0 Å². The summed E-state index contributed by atoms with van der Waals surface area (Å²) >= 11 is 1.61. The molecule has 0 saturated carbocycles. The van der Waals surface area contributed by atoms with Gasteiger partial charge < -0.3 is 19.6 Å². The van der Waals surface area contributed by atoms with E-state index in [0.717, 1.165) is 34.8 Å². The molecule has 1 fully saturated rings. The summed E-state index contributed by atoms with van der Waals surface area (Å²) < 4.78 is 5.27. The van der Waals surface area contributed by atoms with Gasteiger partial charge in [0, 0.05) is 32.2 Å². The molecule has 1 N–H and O–H groups in total. The number of hydrogen-bond donors (Lipinski definition) is 1. The SMILES string of the molecule is CC(C)c1cc(CNC(=O)N2CCN(c3ncnc4sccc34)CC2)on1. The maximum absolute atomic E-state index is 12.4. The first kappa shape index (κ1) is 17.7. The number of piperazine rings is 1. The molecule has 3 aromatic rings. The van der Waals surface area contributed by atoms with Crippen LogP contribution >= 0.6 is 11.3 Å². The summed E-state index contributed by atoms with van der Waals surface area (Å²) in [5.41, 5.74) is 0.900. The van der Waals surface area contributed by atoms with Crippen LogP contribution in [0.2, 0.25) is 0 Å². The first-order valence-electron chi connectivity index (χ1n) is 9.03.